The molecule has 2 aromatic carbocycles. The highest BCUT2D eigenvalue weighted by molar-refractivity contribution is 5.43. The molecule has 0 spiro atoms. The van der Waals surface area contributed by atoms with E-state index in [1.807, 2.05) is 13.0 Å². The van der Waals surface area contributed by atoms with E-state index in [2.05, 4.69) is 0 Å². The van der Waals surface area contributed by atoms with Crippen LogP contribution in [0.15, 0.2) is 30.3 Å². The molecule has 2 rings (SSSR count). The lowest BCUT2D eigenvalue weighted by atomic mass is 9.97. The molecular weight excluding hydrogens is 262 g/mol. The average Bonchev–Trinajstić information content (AvgIpc) is 2.44. The van der Waals surface area contributed by atoms with E-state index < -0.39 is 17.7 Å². The van der Waals surface area contributed by atoms with Gasteiger partial charge in [-0.25, -0.2) is 8.78 Å². The first kappa shape index (κ1) is 14.5. The molecule has 0 heterocycles. The molecule has 0 saturated heterocycles. The van der Waals surface area contributed by atoms with Crippen LogP contribution in [0, 0.1) is 25.5 Å². The number of ether oxygens (including phenoxy) is 1. The monoisotopic (exact) mass is 278 g/mol. The summed E-state index contributed by atoms with van der Waals surface area (Å²) in [6.07, 6.45) is -1.28. The van der Waals surface area contributed by atoms with E-state index >= 15 is 0 Å². The van der Waals surface area contributed by atoms with Gasteiger partial charge in [-0.3, -0.25) is 0 Å². The molecule has 0 radical (unpaired) electrons. The third kappa shape index (κ3) is 2.51. The number of aliphatic hydroxyl groups is 1. The molecule has 0 fully saturated rings. The maximum Gasteiger partial charge on any atom is 0.165 e. The van der Waals surface area contributed by atoms with Crippen LogP contribution in [0.4, 0.5) is 8.78 Å². The third-order valence-corrected chi connectivity index (χ3v) is 3.28. The fraction of sp³-hybridized carbons (Fsp3) is 0.250. The fourth-order valence-corrected chi connectivity index (χ4v) is 2.11. The summed E-state index contributed by atoms with van der Waals surface area (Å²) in [5, 5.41) is 10.3. The van der Waals surface area contributed by atoms with Gasteiger partial charge in [-0.15, -0.1) is 0 Å². The molecule has 0 aliphatic carbocycles. The smallest absolute Gasteiger partial charge is 0.165 e. The van der Waals surface area contributed by atoms with Gasteiger partial charge < -0.3 is 9.84 Å². The Morgan fingerprint density at radius 3 is 2.35 bits per heavy atom. The average molecular weight is 278 g/mol. The van der Waals surface area contributed by atoms with Crippen molar-refractivity contribution in [2.75, 3.05) is 7.11 Å². The van der Waals surface area contributed by atoms with Crippen molar-refractivity contribution < 1.29 is 18.6 Å². The van der Waals surface area contributed by atoms with Crippen LogP contribution in [-0.4, -0.2) is 12.2 Å². The molecule has 0 bridgehead atoms. The van der Waals surface area contributed by atoms with E-state index in [-0.39, 0.29) is 11.1 Å². The lowest BCUT2D eigenvalue weighted by Crippen LogP contribution is -2.07. The molecule has 106 valence electrons. The topological polar surface area (TPSA) is 29.5 Å². The summed E-state index contributed by atoms with van der Waals surface area (Å²) in [4.78, 5) is 0. The minimum absolute atomic E-state index is 0.1000. The second-order valence-electron chi connectivity index (χ2n) is 4.75. The third-order valence-electron chi connectivity index (χ3n) is 3.28. The van der Waals surface area contributed by atoms with Crippen LogP contribution in [0.3, 0.4) is 0 Å². The highest BCUT2D eigenvalue weighted by Crippen LogP contribution is 2.33. The van der Waals surface area contributed by atoms with E-state index in [1.165, 1.54) is 26.2 Å². The Morgan fingerprint density at radius 1 is 1.00 bits per heavy atom. The van der Waals surface area contributed by atoms with Crippen molar-refractivity contribution in [2.45, 2.75) is 20.0 Å². The van der Waals surface area contributed by atoms with Crippen LogP contribution in [0.5, 0.6) is 5.75 Å². The summed E-state index contributed by atoms with van der Waals surface area (Å²) >= 11 is 0. The summed E-state index contributed by atoms with van der Waals surface area (Å²) in [5.41, 5.74) is 1.41. The Labute approximate surface area is 116 Å². The van der Waals surface area contributed by atoms with Gasteiger partial charge in [-0.05, 0) is 31.5 Å². The molecule has 1 N–H and O–H groups in total. The standard InChI is InChI=1S/C16H16F2O2/c1-9-4-7-13(20-3)12(8-9)16(19)11-6-5-10(2)14(17)15(11)18/h4-8,16,19H,1-3H3. The second-order valence-corrected chi connectivity index (χ2v) is 4.75. The fourth-order valence-electron chi connectivity index (χ4n) is 2.11. The van der Waals surface area contributed by atoms with Crippen LogP contribution in [0.2, 0.25) is 0 Å². The number of halogens is 2. The molecule has 2 nitrogen and oxygen atoms in total. The molecule has 0 aliphatic rings. The quantitative estimate of drug-likeness (QED) is 0.928. The predicted molar refractivity (Wildman–Crippen MR) is 72.9 cm³/mol. The lowest BCUT2D eigenvalue weighted by molar-refractivity contribution is 0.208. The highest BCUT2D eigenvalue weighted by Gasteiger charge is 2.22. The Hall–Kier alpha value is -1.94. The first-order chi connectivity index (χ1) is 9.45. The van der Waals surface area contributed by atoms with Gasteiger partial charge >= 0.3 is 0 Å². The first-order valence-corrected chi connectivity index (χ1v) is 6.22. The minimum atomic E-state index is -1.28. The number of hydrogen-bond donors (Lipinski definition) is 1. The van der Waals surface area contributed by atoms with Crippen LogP contribution in [-0.2, 0) is 0 Å². The summed E-state index contributed by atoms with van der Waals surface area (Å²) in [6.45, 7) is 3.32. The van der Waals surface area contributed by atoms with Gasteiger partial charge in [0.1, 0.15) is 11.9 Å². The van der Waals surface area contributed by atoms with Gasteiger partial charge in [0.15, 0.2) is 11.6 Å². The maximum atomic E-state index is 14.0. The van der Waals surface area contributed by atoms with Gasteiger partial charge in [0.25, 0.3) is 0 Å². The van der Waals surface area contributed by atoms with Gasteiger partial charge in [0.2, 0.25) is 0 Å². The maximum absolute atomic E-state index is 14.0. The summed E-state index contributed by atoms with van der Waals surface area (Å²) in [6, 6.07) is 8.04. The van der Waals surface area contributed by atoms with E-state index in [4.69, 9.17) is 4.74 Å². The first-order valence-electron chi connectivity index (χ1n) is 6.22. The van der Waals surface area contributed by atoms with Crippen LogP contribution in [0.25, 0.3) is 0 Å². The Balaban J connectivity index is 2.54. The van der Waals surface area contributed by atoms with Crippen molar-refractivity contribution in [3.63, 3.8) is 0 Å². The van der Waals surface area contributed by atoms with Gasteiger partial charge in [0.05, 0.1) is 7.11 Å². The zero-order chi connectivity index (χ0) is 14.9. The molecule has 4 heteroatoms. The molecular formula is C16H16F2O2. The van der Waals surface area contributed by atoms with Crippen molar-refractivity contribution in [1.29, 1.82) is 0 Å². The van der Waals surface area contributed by atoms with E-state index in [9.17, 15) is 13.9 Å². The Kier molecular flexibility index (Phi) is 4.04. The Morgan fingerprint density at radius 2 is 1.70 bits per heavy atom. The molecule has 20 heavy (non-hydrogen) atoms. The van der Waals surface area contributed by atoms with Crippen molar-refractivity contribution in [1.82, 2.24) is 0 Å². The molecule has 0 aliphatic heterocycles. The number of methoxy groups -OCH3 is 1. The van der Waals surface area contributed by atoms with E-state index in [1.54, 1.807) is 12.1 Å². The minimum Gasteiger partial charge on any atom is -0.496 e. The van der Waals surface area contributed by atoms with Crippen molar-refractivity contribution in [3.8, 4) is 5.75 Å². The van der Waals surface area contributed by atoms with E-state index in [0.29, 0.717) is 11.3 Å². The lowest BCUT2D eigenvalue weighted by Gasteiger charge is -2.17. The summed E-state index contributed by atoms with van der Waals surface area (Å²) in [5.74, 6) is -1.53. The van der Waals surface area contributed by atoms with Gasteiger partial charge in [0, 0.05) is 11.1 Å². The SMILES string of the molecule is COc1ccc(C)cc1C(O)c1ccc(C)c(F)c1F. The van der Waals surface area contributed by atoms with Crippen molar-refractivity contribution in [3.05, 3.63) is 64.2 Å². The molecule has 1 unspecified atom stereocenters. The van der Waals surface area contributed by atoms with Crippen molar-refractivity contribution >= 4 is 0 Å². The molecule has 1 atom stereocenters. The van der Waals surface area contributed by atoms with Crippen LogP contribution < -0.4 is 4.74 Å². The number of rotatable bonds is 3. The zero-order valence-electron chi connectivity index (χ0n) is 11.6. The predicted octanol–water partition coefficient (Wildman–Crippen LogP) is 3.67. The zero-order valence-corrected chi connectivity index (χ0v) is 11.6. The summed E-state index contributed by atoms with van der Waals surface area (Å²) in [7, 11) is 1.47. The second kappa shape index (κ2) is 5.59. The van der Waals surface area contributed by atoms with E-state index in [0.717, 1.165) is 5.56 Å². The highest BCUT2D eigenvalue weighted by atomic mass is 19.2. The number of hydrogen-bond acceptors (Lipinski definition) is 2. The largest absolute Gasteiger partial charge is 0.496 e. The van der Waals surface area contributed by atoms with Crippen LogP contribution in [0.1, 0.15) is 28.4 Å². The van der Waals surface area contributed by atoms with Crippen molar-refractivity contribution in [2.24, 2.45) is 0 Å². The Bertz CT molecular complexity index is 639. The number of aryl methyl sites for hydroxylation is 2. The molecule has 0 saturated carbocycles. The molecule has 2 aromatic rings. The number of aliphatic hydroxyl groups excluding tert-OH is 1. The normalized spacial score (nSPS) is 12.3. The molecule has 0 amide bonds. The van der Waals surface area contributed by atoms with Gasteiger partial charge in [-0.2, -0.15) is 0 Å². The summed E-state index contributed by atoms with van der Waals surface area (Å²) < 4.78 is 32.7. The molecule has 0 aromatic heterocycles. The van der Waals surface area contributed by atoms with Crippen LogP contribution >= 0.6 is 0 Å². The number of benzene rings is 2. The van der Waals surface area contributed by atoms with Gasteiger partial charge in [-0.1, -0.05) is 23.8 Å².